The van der Waals surface area contributed by atoms with Crippen molar-refractivity contribution >= 4 is 17.6 Å². The summed E-state index contributed by atoms with van der Waals surface area (Å²) in [4.78, 5) is 15.6. The Labute approximate surface area is 129 Å². The second-order valence-electron chi connectivity index (χ2n) is 5.27. The van der Waals surface area contributed by atoms with Gasteiger partial charge in [-0.05, 0) is 41.8 Å². The standard InChI is InChI=1S/C19H14N2O/c1-13-2-6-15(7-3-13)18-10-17(12-22)21-19(18)16-8-4-14(11-20)5-9-16/h2-10,12,19H,1H3. The van der Waals surface area contributed by atoms with E-state index in [0.29, 0.717) is 11.3 Å². The molecule has 1 aliphatic rings. The zero-order chi connectivity index (χ0) is 15.5. The number of hydrogen-bond donors (Lipinski definition) is 0. The van der Waals surface area contributed by atoms with Gasteiger partial charge in [0.05, 0.1) is 17.3 Å². The van der Waals surface area contributed by atoms with E-state index in [0.717, 1.165) is 23.0 Å². The first-order valence-electron chi connectivity index (χ1n) is 7.03. The van der Waals surface area contributed by atoms with Gasteiger partial charge in [-0.25, -0.2) is 0 Å². The van der Waals surface area contributed by atoms with E-state index in [1.165, 1.54) is 5.56 Å². The van der Waals surface area contributed by atoms with Gasteiger partial charge in [-0.1, -0.05) is 42.0 Å². The van der Waals surface area contributed by atoms with Gasteiger partial charge in [-0.2, -0.15) is 5.26 Å². The van der Waals surface area contributed by atoms with Gasteiger partial charge in [0.1, 0.15) is 6.04 Å². The highest BCUT2D eigenvalue weighted by Gasteiger charge is 2.23. The van der Waals surface area contributed by atoms with Crippen molar-refractivity contribution in [2.24, 2.45) is 4.99 Å². The number of carbonyl (C=O) groups excluding carboxylic acids is 1. The molecule has 106 valence electrons. The molecule has 0 spiro atoms. The molecule has 0 fully saturated rings. The van der Waals surface area contributed by atoms with Gasteiger partial charge in [-0.15, -0.1) is 0 Å². The van der Waals surface area contributed by atoms with Crippen LogP contribution in [0.15, 0.2) is 59.6 Å². The largest absolute Gasteiger partial charge is 0.296 e. The van der Waals surface area contributed by atoms with Crippen LogP contribution in [0, 0.1) is 18.3 Å². The van der Waals surface area contributed by atoms with Gasteiger partial charge in [0.2, 0.25) is 0 Å². The average molecular weight is 286 g/mol. The number of nitriles is 1. The molecule has 0 N–H and O–H groups in total. The summed E-state index contributed by atoms with van der Waals surface area (Å²) in [5.74, 6) is 0. The van der Waals surface area contributed by atoms with Crippen LogP contribution in [-0.4, -0.2) is 12.0 Å². The monoisotopic (exact) mass is 286 g/mol. The van der Waals surface area contributed by atoms with E-state index in [1.807, 2.05) is 49.4 Å². The van der Waals surface area contributed by atoms with Crippen LogP contribution >= 0.6 is 0 Å². The molecule has 0 radical (unpaired) electrons. The first-order valence-corrected chi connectivity index (χ1v) is 7.03. The van der Waals surface area contributed by atoms with Gasteiger partial charge >= 0.3 is 0 Å². The summed E-state index contributed by atoms with van der Waals surface area (Å²) in [6.45, 7) is 2.04. The molecule has 0 saturated carbocycles. The second-order valence-corrected chi connectivity index (χ2v) is 5.27. The molecule has 0 bridgehead atoms. The molecule has 1 aliphatic heterocycles. The Hall–Kier alpha value is -2.99. The normalized spacial score (nSPS) is 16.6. The number of aliphatic imine (C=N–C) groups is 1. The maximum atomic E-state index is 11.1. The molecular weight excluding hydrogens is 272 g/mol. The predicted molar refractivity (Wildman–Crippen MR) is 86.6 cm³/mol. The van der Waals surface area contributed by atoms with Crippen molar-refractivity contribution < 1.29 is 4.79 Å². The van der Waals surface area contributed by atoms with Gasteiger partial charge in [-0.3, -0.25) is 9.79 Å². The quantitative estimate of drug-likeness (QED) is 0.809. The third-order valence-electron chi connectivity index (χ3n) is 3.74. The third-order valence-corrected chi connectivity index (χ3v) is 3.74. The van der Waals surface area contributed by atoms with Crippen LogP contribution in [0.25, 0.3) is 5.57 Å². The fourth-order valence-electron chi connectivity index (χ4n) is 2.54. The molecule has 0 aromatic heterocycles. The summed E-state index contributed by atoms with van der Waals surface area (Å²) < 4.78 is 0. The summed E-state index contributed by atoms with van der Waals surface area (Å²) in [6, 6.07) is 17.4. The first kappa shape index (κ1) is 14.0. The van der Waals surface area contributed by atoms with E-state index in [-0.39, 0.29) is 6.04 Å². The summed E-state index contributed by atoms with van der Waals surface area (Å²) in [6.07, 6.45) is 2.61. The van der Waals surface area contributed by atoms with E-state index in [2.05, 4.69) is 11.1 Å². The molecule has 1 unspecified atom stereocenters. The number of allylic oxidation sites excluding steroid dienone is 1. The Morgan fingerprint density at radius 1 is 1.09 bits per heavy atom. The Bertz CT molecular complexity index is 806. The molecular formula is C19H14N2O. The Balaban J connectivity index is 2.02. The zero-order valence-electron chi connectivity index (χ0n) is 12.2. The van der Waals surface area contributed by atoms with Crippen molar-refractivity contribution in [1.29, 1.82) is 5.26 Å². The number of nitrogens with zero attached hydrogens (tertiary/aromatic N) is 2. The lowest BCUT2D eigenvalue weighted by Gasteiger charge is -2.14. The maximum Gasteiger partial charge on any atom is 0.168 e. The molecule has 3 rings (SSSR count). The average Bonchev–Trinajstić information content (AvgIpc) is 3.00. The summed E-state index contributed by atoms with van der Waals surface area (Å²) in [7, 11) is 0. The highest BCUT2D eigenvalue weighted by Crippen LogP contribution is 2.37. The first-order chi connectivity index (χ1) is 10.7. The molecule has 22 heavy (non-hydrogen) atoms. The van der Waals surface area contributed by atoms with Crippen molar-refractivity contribution in [2.45, 2.75) is 13.0 Å². The zero-order valence-corrected chi connectivity index (χ0v) is 12.2. The van der Waals surface area contributed by atoms with E-state index >= 15 is 0 Å². The molecule has 2 aromatic carbocycles. The number of aldehydes is 1. The van der Waals surface area contributed by atoms with Gasteiger partial charge in [0, 0.05) is 0 Å². The lowest BCUT2D eigenvalue weighted by Crippen LogP contribution is -1.97. The molecule has 3 heteroatoms. The van der Waals surface area contributed by atoms with Gasteiger partial charge in [0.25, 0.3) is 0 Å². The highest BCUT2D eigenvalue weighted by molar-refractivity contribution is 6.36. The molecule has 2 aromatic rings. The van der Waals surface area contributed by atoms with Crippen LogP contribution in [0.4, 0.5) is 0 Å². The van der Waals surface area contributed by atoms with Crippen LogP contribution in [0.5, 0.6) is 0 Å². The molecule has 1 heterocycles. The predicted octanol–water partition coefficient (Wildman–Crippen LogP) is 3.64. The molecule has 3 nitrogen and oxygen atoms in total. The summed E-state index contributed by atoms with van der Waals surface area (Å²) >= 11 is 0. The van der Waals surface area contributed by atoms with E-state index in [1.54, 1.807) is 12.1 Å². The summed E-state index contributed by atoms with van der Waals surface area (Å²) in [5.41, 5.74) is 5.29. The molecule has 0 aliphatic carbocycles. The van der Waals surface area contributed by atoms with Gasteiger partial charge < -0.3 is 0 Å². The van der Waals surface area contributed by atoms with Crippen molar-refractivity contribution in [2.75, 3.05) is 0 Å². The molecule has 1 atom stereocenters. The fraction of sp³-hybridized carbons (Fsp3) is 0.105. The lowest BCUT2D eigenvalue weighted by molar-refractivity contribution is -0.102. The van der Waals surface area contributed by atoms with Crippen molar-refractivity contribution in [3.05, 3.63) is 76.9 Å². The Kier molecular flexibility index (Phi) is 3.67. The second kappa shape index (κ2) is 5.79. The smallest absolute Gasteiger partial charge is 0.168 e. The lowest BCUT2D eigenvalue weighted by atomic mass is 9.93. The van der Waals surface area contributed by atoms with Crippen LogP contribution in [-0.2, 0) is 4.79 Å². The van der Waals surface area contributed by atoms with Crippen LogP contribution in [0.2, 0.25) is 0 Å². The van der Waals surface area contributed by atoms with Crippen molar-refractivity contribution in [3.63, 3.8) is 0 Å². The topological polar surface area (TPSA) is 53.2 Å². The van der Waals surface area contributed by atoms with Crippen molar-refractivity contribution in [3.8, 4) is 6.07 Å². The van der Waals surface area contributed by atoms with Crippen molar-refractivity contribution in [1.82, 2.24) is 0 Å². The number of benzene rings is 2. The number of rotatable bonds is 3. The van der Waals surface area contributed by atoms with E-state index in [9.17, 15) is 4.79 Å². The maximum absolute atomic E-state index is 11.1. The van der Waals surface area contributed by atoms with Crippen LogP contribution in [0.1, 0.15) is 28.3 Å². The Morgan fingerprint density at radius 3 is 2.36 bits per heavy atom. The molecule has 0 saturated heterocycles. The summed E-state index contributed by atoms with van der Waals surface area (Å²) in [5, 5.41) is 8.89. The number of aryl methyl sites for hydroxylation is 1. The number of hydrogen-bond acceptors (Lipinski definition) is 3. The minimum absolute atomic E-state index is 0.198. The van der Waals surface area contributed by atoms with Gasteiger partial charge in [0.15, 0.2) is 6.29 Å². The highest BCUT2D eigenvalue weighted by atomic mass is 16.1. The van der Waals surface area contributed by atoms with E-state index < -0.39 is 0 Å². The van der Waals surface area contributed by atoms with E-state index in [4.69, 9.17) is 5.26 Å². The fourth-order valence-corrected chi connectivity index (χ4v) is 2.54. The SMILES string of the molecule is Cc1ccc(C2=CC(C=O)=NC2c2ccc(C#N)cc2)cc1. The van der Waals surface area contributed by atoms with Crippen LogP contribution < -0.4 is 0 Å². The molecule has 0 amide bonds. The minimum Gasteiger partial charge on any atom is -0.296 e. The number of carbonyl (C=O) groups is 1. The third kappa shape index (κ3) is 2.59. The minimum atomic E-state index is -0.198. The Morgan fingerprint density at radius 2 is 1.77 bits per heavy atom. The van der Waals surface area contributed by atoms with Crippen LogP contribution in [0.3, 0.4) is 0 Å².